The standard InChI is InChI=1S/C13H16F2O2/c14-10-2-1-3-11(15)13(10)12(16)8-9-4-6-17-7-5-9/h1-3,9,12,16H,4-8H2. The van der Waals surface area contributed by atoms with Crippen LogP contribution in [-0.4, -0.2) is 18.3 Å². The predicted molar refractivity (Wildman–Crippen MR) is 59.5 cm³/mol. The van der Waals surface area contributed by atoms with Gasteiger partial charge in [0.2, 0.25) is 0 Å². The summed E-state index contributed by atoms with van der Waals surface area (Å²) in [5.41, 5.74) is -0.209. The number of benzene rings is 1. The van der Waals surface area contributed by atoms with E-state index in [1.165, 1.54) is 18.2 Å². The van der Waals surface area contributed by atoms with E-state index >= 15 is 0 Å². The third kappa shape index (κ3) is 3.01. The zero-order valence-corrected chi connectivity index (χ0v) is 9.53. The minimum atomic E-state index is -1.07. The first kappa shape index (κ1) is 12.5. The highest BCUT2D eigenvalue weighted by molar-refractivity contribution is 5.22. The number of rotatable bonds is 3. The molecule has 1 aliphatic rings. The number of aliphatic hydroxyl groups excluding tert-OH is 1. The minimum Gasteiger partial charge on any atom is -0.388 e. The fraction of sp³-hybridized carbons (Fsp3) is 0.538. The molecule has 1 saturated heterocycles. The van der Waals surface area contributed by atoms with Crippen molar-refractivity contribution in [3.63, 3.8) is 0 Å². The Bertz CT molecular complexity index is 355. The van der Waals surface area contributed by atoms with Crippen LogP contribution in [0.5, 0.6) is 0 Å². The van der Waals surface area contributed by atoms with Crippen molar-refractivity contribution in [2.24, 2.45) is 5.92 Å². The summed E-state index contributed by atoms with van der Waals surface area (Å²) in [6.07, 6.45) is 1.00. The van der Waals surface area contributed by atoms with Crippen LogP contribution in [0.3, 0.4) is 0 Å². The van der Waals surface area contributed by atoms with E-state index in [4.69, 9.17) is 4.74 Å². The lowest BCUT2D eigenvalue weighted by Gasteiger charge is -2.24. The largest absolute Gasteiger partial charge is 0.388 e. The first-order valence-corrected chi connectivity index (χ1v) is 5.88. The molecule has 0 aliphatic carbocycles. The van der Waals surface area contributed by atoms with Crippen LogP contribution in [-0.2, 0) is 4.74 Å². The van der Waals surface area contributed by atoms with Crippen LogP contribution in [0, 0.1) is 17.6 Å². The fourth-order valence-corrected chi connectivity index (χ4v) is 2.24. The highest BCUT2D eigenvalue weighted by Gasteiger charge is 2.23. The van der Waals surface area contributed by atoms with Crippen LogP contribution in [0.1, 0.15) is 30.9 Å². The molecule has 2 rings (SSSR count). The number of hydrogen-bond donors (Lipinski definition) is 1. The van der Waals surface area contributed by atoms with Gasteiger partial charge < -0.3 is 9.84 Å². The minimum absolute atomic E-state index is 0.209. The molecule has 0 aromatic heterocycles. The van der Waals surface area contributed by atoms with Crippen LogP contribution >= 0.6 is 0 Å². The molecule has 1 N–H and O–H groups in total. The molecule has 0 amide bonds. The van der Waals surface area contributed by atoms with Gasteiger partial charge in [0, 0.05) is 13.2 Å². The lowest BCUT2D eigenvalue weighted by molar-refractivity contribution is 0.0421. The van der Waals surface area contributed by atoms with Crippen molar-refractivity contribution in [1.82, 2.24) is 0 Å². The normalized spacial score (nSPS) is 19.2. The zero-order chi connectivity index (χ0) is 12.3. The SMILES string of the molecule is OC(CC1CCOCC1)c1c(F)cccc1F. The highest BCUT2D eigenvalue weighted by Crippen LogP contribution is 2.30. The van der Waals surface area contributed by atoms with Gasteiger partial charge in [0.25, 0.3) is 0 Å². The number of aliphatic hydroxyl groups is 1. The molecule has 0 bridgehead atoms. The molecule has 1 aromatic rings. The Labute approximate surface area is 99.2 Å². The molecule has 0 radical (unpaired) electrons. The van der Waals surface area contributed by atoms with E-state index in [0.717, 1.165) is 12.8 Å². The summed E-state index contributed by atoms with van der Waals surface area (Å²) in [5.74, 6) is -1.08. The summed E-state index contributed by atoms with van der Waals surface area (Å²) in [5, 5.41) is 9.91. The third-order valence-electron chi connectivity index (χ3n) is 3.23. The molecule has 2 nitrogen and oxygen atoms in total. The molecule has 1 heterocycles. The van der Waals surface area contributed by atoms with Gasteiger partial charge in [0.1, 0.15) is 11.6 Å². The molecular weight excluding hydrogens is 226 g/mol. The molecule has 0 saturated carbocycles. The van der Waals surface area contributed by atoms with Crippen molar-refractivity contribution >= 4 is 0 Å². The topological polar surface area (TPSA) is 29.5 Å². The van der Waals surface area contributed by atoms with Gasteiger partial charge in [-0.2, -0.15) is 0 Å². The summed E-state index contributed by atoms with van der Waals surface area (Å²) in [6.45, 7) is 1.33. The van der Waals surface area contributed by atoms with Crippen LogP contribution in [0.25, 0.3) is 0 Å². The summed E-state index contributed by atoms with van der Waals surface area (Å²) in [4.78, 5) is 0. The summed E-state index contributed by atoms with van der Waals surface area (Å²) < 4.78 is 32.1. The van der Waals surface area contributed by atoms with Crippen molar-refractivity contribution in [2.75, 3.05) is 13.2 Å². The first-order chi connectivity index (χ1) is 8.18. The Kier molecular flexibility index (Phi) is 4.07. The maximum atomic E-state index is 13.4. The molecule has 1 atom stereocenters. The zero-order valence-electron chi connectivity index (χ0n) is 9.53. The number of ether oxygens (including phenoxy) is 1. The quantitative estimate of drug-likeness (QED) is 0.883. The number of halogens is 2. The molecule has 94 valence electrons. The second-order valence-electron chi connectivity index (χ2n) is 4.44. The molecule has 1 aromatic carbocycles. The molecular formula is C13H16F2O2. The van der Waals surface area contributed by atoms with E-state index in [2.05, 4.69) is 0 Å². The van der Waals surface area contributed by atoms with E-state index in [9.17, 15) is 13.9 Å². The van der Waals surface area contributed by atoms with Crippen LogP contribution in [0.4, 0.5) is 8.78 Å². The monoisotopic (exact) mass is 242 g/mol. The van der Waals surface area contributed by atoms with E-state index in [0.29, 0.717) is 19.6 Å². The Morgan fingerprint density at radius 3 is 2.41 bits per heavy atom. The van der Waals surface area contributed by atoms with Crippen molar-refractivity contribution in [3.05, 3.63) is 35.4 Å². The molecule has 17 heavy (non-hydrogen) atoms. The summed E-state index contributed by atoms with van der Waals surface area (Å²) in [7, 11) is 0. The first-order valence-electron chi connectivity index (χ1n) is 5.88. The Morgan fingerprint density at radius 1 is 1.24 bits per heavy atom. The molecule has 1 aliphatic heterocycles. The van der Waals surface area contributed by atoms with Gasteiger partial charge in [-0.3, -0.25) is 0 Å². The van der Waals surface area contributed by atoms with Crippen LogP contribution in [0.15, 0.2) is 18.2 Å². The van der Waals surface area contributed by atoms with Crippen molar-refractivity contribution in [1.29, 1.82) is 0 Å². The highest BCUT2D eigenvalue weighted by atomic mass is 19.1. The van der Waals surface area contributed by atoms with Gasteiger partial charge in [-0.1, -0.05) is 6.07 Å². The second kappa shape index (κ2) is 5.56. The van der Waals surface area contributed by atoms with Crippen molar-refractivity contribution in [2.45, 2.75) is 25.4 Å². The van der Waals surface area contributed by atoms with Gasteiger partial charge in [-0.05, 0) is 37.3 Å². The second-order valence-corrected chi connectivity index (χ2v) is 4.44. The molecule has 1 fully saturated rings. The maximum Gasteiger partial charge on any atom is 0.131 e. The Morgan fingerprint density at radius 2 is 1.82 bits per heavy atom. The predicted octanol–water partition coefficient (Wildman–Crippen LogP) is 2.81. The van der Waals surface area contributed by atoms with Crippen molar-refractivity contribution < 1.29 is 18.6 Å². The molecule has 0 spiro atoms. The van der Waals surface area contributed by atoms with E-state index < -0.39 is 17.7 Å². The van der Waals surface area contributed by atoms with Crippen LogP contribution in [0.2, 0.25) is 0 Å². The average molecular weight is 242 g/mol. The third-order valence-corrected chi connectivity index (χ3v) is 3.23. The van der Waals surface area contributed by atoms with Gasteiger partial charge in [0.05, 0.1) is 11.7 Å². The summed E-state index contributed by atoms with van der Waals surface area (Å²) in [6, 6.07) is 3.65. The maximum absolute atomic E-state index is 13.4. The summed E-state index contributed by atoms with van der Waals surface area (Å²) >= 11 is 0. The van der Waals surface area contributed by atoms with Crippen molar-refractivity contribution in [3.8, 4) is 0 Å². The van der Waals surface area contributed by atoms with Gasteiger partial charge in [-0.15, -0.1) is 0 Å². The Hall–Kier alpha value is -1.00. The lowest BCUT2D eigenvalue weighted by atomic mass is 9.90. The van der Waals surface area contributed by atoms with E-state index in [1.807, 2.05) is 0 Å². The Balaban J connectivity index is 2.05. The molecule has 4 heteroatoms. The van der Waals surface area contributed by atoms with Gasteiger partial charge in [0.15, 0.2) is 0 Å². The number of hydrogen-bond acceptors (Lipinski definition) is 2. The smallest absolute Gasteiger partial charge is 0.131 e. The van der Waals surface area contributed by atoms with Gasteiger partial charge >= 0.3 is 0 Å². The lowest BCUT2D eigenvalue weighted by Crippen LogP contribution is -2.18. The van der Waals surface area contributed by atoms with Gasteiger partial charge in [-0.25, -0.2) is 8.78 Å². The molecule has 1 unspecified atom stereocenters. The van der Waals surface area contributed by atoms with Crippen LogP contribution < -0.4 is 0 Å². The average Bonchev–Trinajstić information content (AvgIpc) is 2.30. The van der Waals surface area contributed by atoms with E-state index in [-0.39, 0.29) is 11.5 Å². The fourth-order valence-electron chi connectivity index (χ4n) is 2.24. The van der Waals surface area contributed by atoms with E-state index in [1.54, 1.807) is 0 Å².